The molecule has 1 aliphatic rings. The predicted octanol–water partition coefficient (Wildman–Crippen LogP) is 0.955. The lowest BCUT2D eigenvalue weighted by molar-refractivity contribution is 0.105. The highest BCUT2D eigenvalue weighted by molar-refractivity contribution is 7.15. The van der Waals surface area contributed by atoms with Crippen molar-refractivity contribution < 1.29 is 0 Å². The maximum Gasteiger partial charge on any atom is 0.197 e. The van der Waals surface area contributed by atoms with E-state index < -0.39 is 0 Å². The van der Waals surface area contributed by atoms with Gasteiger partial charge in [-0.3, -0.25) is 15.2 Å². The van der Waals surface area contributed by atoms with Crippen LogP contribution < -0.4 is 11.3 Å². The van der Waals surface area contributed by atoms with Crippen LogP contribution in [0, 0.1) is 0 Å². The van der Waals surface area contributed by atoms with E-state index in [9.17, 15) is 0 Å². The van der Waals surface area contributed by atoms with Crippen LogP contribution in [0.4, 0.5) is 5.13 Å². The first-order valence-electron chi connectivity index (χ1n) is 6.06. The zero-order valence-corrected chi connectivity index (χ0v) is 11.3. The molecule has 0 saturated carbocycles. The van der Waals surface area contributed by atoms with Crippen LogP contribution in [-0.2, 0) is 6.54 Å². The van der Waals surface area contributed by atoms with Gasteiger partial charge in [0, 0.05) is 49.8 Å². The maximum absolute atomic E-state index is 5.33. The largest absolute Gasteiger partial charge is 0.300 e. The van der Waals surface area contributed by atoms with Crippen LogP contribution in [0.2, 0.25) is 0 Å². The molecule has 0 atom stereocenters. The van der Waals surface area contributed by atoms with Crippen molar-refractivity contribution in [1.82, 2.24) is 14.8 Å². The SMILES string of the molecule is CC(C)N1CCN(Cc2cnc(NN)s2)CC1. The van der Waals surface area contributed by atoms with Crippen LogP contribution >= 0.6 is 11.3 Å². The fourth-order valence-corrected chi connectivity index (χ4v) is 2.87. The average Bonchev–Trinajstić information content (AvgIpc) is 2.77. The third-order valence-corrected chi connectivity index (χ3v) is 4.11. The maximum atomic E-state index is 5.33. The Kier molecular flexibility index (Phi) is 4.33. The molecule has 2 heterocycles. The Balaban J connectivity index is 1.81. The van der Waals surface area contributed by atoms with E-state index in [1.807, 2.05) is 6.20 Å². The second-order valence-electron chi connectivity index (χ2n) is 4.68. The first kappa shape index (κ1) is 12.8. The van der Waals surface area contributed by atoms with Crippen molar-refractivity contribution in [3.8, 4) is 0 Å². The second-order valence-corrected chi connectivity index (χ2v) is 5.80. The number of thiazole rings is 1. The molecule has 96 valence electrons. The third-order valence-electron chi connectivity index (χ3n) is 3.19. The minimum atomic E-state index is 0.661. The average molecular weight is 255 g/mol. The quantitative estimate of drug-likeness (QED) is 0.620. The highest BCUT2D eigenvalue weighted by atomic mass is 32.1. The zero-order valence-electron chi connectivity index (χ0n) is 10.5. The number of piperazine rings is 1. The Morgan fingerprint density at radius 1 is 1.41 bits per heavy atom. The van der Waals surface area contributed by atoms with E-state index in [2.05, 4.69) is 34.1 Å². The van der Waals surface area contributed by atoms with Gasteiger partial charge in [0.05, 0.1) is 0 Å². The van der Waals surface area contributed by atoms with Crippen LogP contribution in [0.1, 0.15) is 18.7 Å². The Bertz CT molecular complexity index is 343. The van der Waals surface area contributed by atoms with Gasteiger partial charge in [0.25, 0.3) is 0 Å². The normalized spacial score (nSPS) is 18.8. The molecule has 1 saturated heterocycles. The first-order chi connectivity index (χ1) is 8.19. The van der Waals surface area contributed by atoms with Gasteiger partial charge in [-0.15, -0.1) is 0 Å². The van der Waals surface area contributed by atoms with Crippen LogP contribution in [0.5, 0.6) is 0 Å². The Morgan fingerprint density at radius 2 is 2.12 bits per heavy atom. The highest BCUT2D eigenvalue weighted by Crippen LogP contribution is 2.19. The third kappa shape index (κ3) is 3.38. The summed E-state index contributed by atoms with van der Waals surface area (Å²) in [5, 5.41) is 0.792. The summed E-state index contributed by atoms with van der Waals surface area (Å²) in [7, 11) is 0. The summed E-state index contributed by atoms with van der Waals surface area (Å²) >= 11 is 1.63. The van der Waals surface area contributed by atoms with Gasteiger partial charge in [-0.1, -0.05) is 11.3 Å². The van der Waals surface area contributed by atoms with E-state index >= 15 is 0 Å². The number of nitrogens with two attached hydrogens (primary N) is 1. The molecule has 0 radical (unpaired) electrons. The number of nitrogens with one attached hydrogen (secondary N) is 1. The summed E-state index contributed by atoms with van der Waals surface area (Å²) in [6.45, 7) is 10.1. The molecule has 17 heavy (non-hydrogen) atoms. The molecule has 6 heteroatoms. The molecule has 1 aromatic rings. The Hall–Kier alpha value is -0.690. The lowest BCUT2D eigenvalue weighted by atomic mass is 10.2. The molecule has 0 unspecified atom stereocenters. The molecule has 0 aromatic carbocycles. The Labute approximate surface area is 107 Å². The fraction of sp³-hybridized carbons (Fsp3) is 0.727. The van der Waals surface area contributed by atoms with E-state index in [0.29, 0.717) is 6.04 Å². The van der Waals surface area contributed by atoms with Crippen molar-refractivity contribution in [3.05, 3.63) is 11.1 Å². The summed E-state index contributed by atoms with van der Waals surface area (Å²) in [6, 6.07) is 0.661. The second kappa shape index (κ2) is 5.77. The van der Waals surface area contributed by atoms with Crippen molar-refractivity contribution in [2.75, 3.05) is 31.6 Å². The van der Waals surface area contributed by atoms with Crippen LogP contribution in [0.3, 0.4) is 0 Å². The van der Waals surface area contributed by atoms with Gasteiger partial charge in [0.15, 0.2) is 5.13 Å². The molecular formula is C11H21N5S. The van der Waals surface area contributed by atoms with E-state index in [0.717, 1.165) is 24.8 Å². The lowest BCUT2D eigenvalue weighted by Gasteiger charge is -2.36. The zero-order chi connectivity index (χ0) is 12.3. The van der Waals surface area contributed by atoms with Gasteiger partial charge in [-0.2, -0.15) is 0 Å². The van der Waals surface area contributed by atoms with Crippen LogP contribution in [0.15, 0.2) is 6.20 Å². The molecule has 1 aromatic heterocycles. The molecular weight excluding hydrogens is 234 g/mol. The van der Waals surface area contributed by atoms with E-state index in [-0.39, 0.29) is 0 Å². The lowest BCUT2D eigenvalue weighted by Crippen LogP contribution is -2.48. The monoisotopic (exact) mass is 255 g/mol. The van der Waals surface area contributed by atoms with Crippen LogP contribution in [0.25, 0.3) is 0 Å². The summed E-state index contributed by atoms with van der Waals surface area (Å²) < 4.78 is 0. The van der Waals surface area contributed by atoms with E-state index in [4.69, 9.17) is 5.84 Å². The Morgan fingerprint density at radius 3 is 2.65 bits per heavy atom. The smallest absolute Gasteiger partial charge is 0.197 e. The van der Waals surface area contributed by atoms with Gasteiger partial charge in [0.2, 0.25) is 0 Å². The summed E-state index contributed by atoms with van der Waals surface area (Å²) in [5.41, 5.74) is 2.59. The van der Waals surface area contributed by atoms with Crippen molar-refractivity contribution in [3.63, 3.8) is 0 Å². The minimum absolute atomic E-state index is 0.661. The summed E-state index contributed by atoms with van der Waals surface area (Å²) in [5.74, 6) is 5.33. The van der Waals surface area contributed by atoms with Gasteiger partial charge < -0.3 is 0 Å². The van der Waals surface area contributed by atoms with Gasteiger partial charge in [0.1, 0.15) is 0 Å². The predicted molar refractivity (Wildman–Crippen MR) is 71.9 cm³/mol. The fourth-order valence-electron chi connectivity index (χ4n) is 2.11. The van der Waals surface area contributed by atoms with Crippen molar-refractivity contribution in [2.24, 2.45) is 5.84 Å². The van der Waals surface area contributed by atoms with Crippen molar-refractivity contribution >= 4 is 16.5 Å². The van der Waals surface area contributed by atoms with E-state index in [1.54, 1.807) is 11.3 Å². The highest BCUT2D eigenvalue weighted by Gasteiger charge is 2.19. The molecule has 0 amide bonds. The van der Waals surface area contributed by atoms with Crippen LogP contribution in [-0.4, -0.2) is 47.0 Å². The molecule has 1 fully saturated rings. The first-order valence-corrected chi connectivity index (χ1v) is 6.88. The van der Waals surface area contributed by atoms with Crippen molar-refractivity contribution in [1.29, 1.82) is 0 Å². The molecule has 0 spiro atoms. The molecule has 3 N–H and O–H groups in total. The summed E-state index contributed by atoms with van der Waals surface area (Å²) in [6.07, 6.45) is 1.91. The van der Waals surface area contributed by atoms with Gasteiger partial charge in [-0.25, -0.2) is 10.8 Å². The molecule has 2 rings (SSSR count). The summed E-state index contributed by atoms with van der Waals surface area (Å²) in [4.78, 5) is 10.5. The minimum Gasteiger partial charge on any atom is -0.300 e. The number of aromatic nitrogens is 1. The molecule has 0 bridgehead atoms. The van der Waals surface area contributed by atoms with E-state index in [1.165, 1.54) is 18.0 Å². The van der Waals surface area contributed by atoms with Gasteiger partial charge in [-0.05, 0) is 13.8 Å². The number of nitrogens with zero attached hydrogens (tertiary/aromatic N) is 3. The number of hydrogen-bond donors (Lipinski definition) is 2. The topological polar surface area (TPSA) is 57.4 Å². The number of hydrogen-bond acceptors (Lipinski definition) is 6. The number of hydrazine groups is 1. The number of anilines is 1. The standard InChI is InChI=1S/C11H21N5S/c1-9(2)16-5-3-15(4-6-16)8-10-7-13-11(14-12)17-10/h7,9H,3-6,8,12H2,1-2H3,(H,13,14). The molecule has 1 aliphatic heterocycles. The van der Waals surface area contributed by atoms with Crippen molar-refractivity contribution in [2.45, 2.75) is 26.4 Å². The number of rotatable bonds is 4. The molecule has 0 aliphatic carbocycles. The number of nitrogen functional groups attached to an aromatic ring is 1. The molecule has 5 nitrogen and oxygen atoms in total. The van der Waals surface area contributed by atoms with Gasteiger partial charge >= 0.3 is 0 Å².